The Balaban J connectivity index is 1.56. The Morgan fingerprint density at radius 1 is 1.13 bits per heavy atom. The summed E-state index contributed by atoms with van der Waals surface area (Å²) < 4.78 is 30.2. The summed E-state index contributed by atoms with van der Waals surface area (Å²) in [7, 11) is -3.56. The molecule has 3 aromatic rings. The van der Waals surface area contributed by atoms with Gasteiger partial charge in [0.1, 0.15) is 5.75 Å². The van der Waals surface area contributed by atoms with Crippen molar-refractivity contribution in [3.8, 4) is 17.0 Å². The molecule has 0 atom stereocenters. The van der Waals surface area contributed by atoms with E-state index in [4.69, 9.17) is 16.3 Å². The van der Waals surface area contributed by atoms with Crippen molar-refractivity contribution in [3.05, 3.63) is 58.9 Å². The SMILES string of the molecule is CCCOc1ccc(-c2csc(NC(=O)CCS(=O)(=O)c3ccc(Cl)cc3)n2)cc1. The predicted octanol–water partition coefficient (Wildman–Crippen LogP) is 5.05. The van der Waals surface area contributed by atoms with Gasteiger partial charge in [-0.3, -0.25) is 4.79 Å². The molecular weight excluding hydrogens is 444 g/mol. The van der Waals surface area contributed by atoms with Crippen LogP contribution in [0, 0.1) is 0 Å². The van der Waals surface area contributed by atoms with E-state index in [1.54, 1.807) is 0 Å². The number of hydrogen-bond acceptors (Lipinski definition) is 6. The van der Waals surface area contributed by atoms with Crippen molar-refractivity contribution in [2.45, 2.75) is 24.7 Å². The molecule has 1 heterocycles. The number of benzene rings is 2. The molecule has 0 aliphatic heterocycles. The zero-order valence-corrected chi connectivity index (χ0v) is 18.7. The quantitative estimate of drug-likeness (QED) is 0.478. The third-order valence-electron chi connectivity index (χ3n) is 4.14. The number of nitrogens with one attached hydrogen (secondary N) is 1. The first-order valence-electron chi connectivity index (χ1n) is 9.34. The van der Waals surface area contributed by atoms with Crippen LogP contribution in [0.5, 0.6) is 5.75 Å². The van der Waals surface area contributed by atoms with Crippen molar-refractivity contribution in [2.24, 2.45) is 0 Å². The highest BCUT2D eigenvalue weighted by molar-refractivity contribution is 7.91. The molecule has 0 bridgehead atoms. The molecule has 0 aliphatic carbocycles. The minimum absolute atomic E-state index is 0.141. The van der Waals surface area contributed by atoms with Gasteiger partial charge >= 0.3 is 0 Å². The summed E-state index contributed by atoms with van der Waals surface area (Å²) in [5, 5.41) is 5.37. The lowest BCUT2D eigenvalue weighted by Crippen LogP contribution is -2.17. The summed E-state index contributed by atoms with van der Waals surface area (Å²) in [4.78, 5) is 16.7. The molecule has 3 rings (SSSR count). The van der Waals surface area contributed by atoms with Gasteiger partial charge in [-0.05, 0) is 55.0 Å². The lowest BCUT2D eigenvalue weighted by molar-refractivity contribution is -0.115. The van der Waals surface area contributed by atoms with Gasteiger partial charge in [-0.15, -0.1) is 11.3 Å². The molecule has 0 radical (unpaired) electrons. The Bertz CT molecular complexity index is 1090. The number of rotatable bonds is 9. The monoisotopic (exact) mass is 464 g/mol. The van der Waals surface area contributed by atoms with Crippen LogP contribution in [-0.4, -0.2) is 31.7 Å². The van der Waals surface area contributed by atoms with Crippen LogP contribution >= 0.6 is 22.9 Å². The molecule has 0 aliphatic rings. The van der Waals surface area contributed by atoms with Gasteiger partial charge in [-0.2, -0.15) is 0 Å². The summed E-state index contributed by atoms with van der Waals surface area (Å²) in [6, 6.07) is 13.5. The lowest BCUT2D eigenvalue weighted by Gasteiger charge is -2.05. The van der Waals surface area contributed by atoms with E-state index in [0.717, 1.165) is 23.4 Å². The Labute approximate surface area is 184 Å². The van der Waals surface area contributed by atoms with E-state index in [0.29, 0.717) is 16.8 Å². The van der Waals surface area contributed by atoms with E-state index in [1.807, 2.05) is 36.6 Å². The molecule has 30 heavy (non-hydrogen) atoms. The highest BCUT2D eigenvalue weighted by Gasteiger charge is 2.17. The van der Waals surface area contributed by atoms with E-state index in [1.165, 1.54) is 35.6 Å². The van der Waals surface area contributed by atoms with Crippen molar-refractivity contribution < 1.29 is 17.9 Å². The van der Waals surface area contributed by atoms with E-state index in [-0.39, 0.29) is 17.1 Å². The van der Waals surface area contributed by atoms with Crippen LogP contribution in [0.3, 0.4) is 0 Å². The lowest BCUT2D eigenvalue weighted by atomic mass is 10.2. The van der Waals surface area contributed by atoms with Crippen LogP contribution in [0.25, 0.3) is 11.3 Å². The maximum absolute atomic E-state index is 12.3. The Kier molecular flexibility index (Phi) is 7.47. The van der Waals surface area contributed by atoms with Gasteiger partial charge in [0.25, 0.3) is 0 Å². The predicted molar refractivity (Wildman–Crippen MR) is 120 cm³/mol. The number of thiazole rings is 1. The number of halogens is 1. The van der Waals surface area contributed by atoms with Crippen LogP contribution in [0.1, 0.15) is 19.8 Å². The molecule has 9 heteroatoms. The number of aromatic nitrogens is 1. The topological polar surface area (TPSA) is 85.4 Å². The molecule has 1 amide bonds. The van der Waals surface area contributed by atoms with Gasteiger partial charge in [0.15, 0.2) is 15.0 Å². The normalized spacial score (nSPS) is 11.3. The van der Waals surface area contributed by atoms with Gasteiger partial charge in [0.05, 0.1) is 22.9 Å². The van der Waals surface area contributed by atoms with Crippen molar-refractivity contribution in [3.63, 3.8) is 0 Å². The average molecular weight is 465 g/mol. The Morgan fingerprint density at radius 3 is 2.50 bits per heavy atom. The van der Waals surface area contributed by atoms with Gasteiger partial charge in [-0.25, -0.2) is 13.4 Å². The molecule has 0 unspecified atom stereocenters. The van der Waals surface area contributed by atoms with Crippen molar-refractivity contribution in [1.29, 1.82) is 0 Å². The Morgan fingerprint density at radius 2 is 1.83 bits per heavy atom. The van der Waals surface area contributed by atoms with E-state index >= 15 is 0 Å². The van der Waals surface area contributed by atoms with E-state index < -0.39 is 15.7 Å². The maximum atomic E-state index is 12.3. The number of amides is 1. The number of hydrogen-bond donors (Lipinski definition) is 1. The molecule has 0 spiro atoms. The van der Waals surface area contributed by atoms with Gasteiger partial charge in [0, 0.05) is 22.4 Å². The zero-order chi connectivity index (χ0) is 21.6. The first-order chi connectivity index (χ1) is 14.4. The van der Waals surface area contributed by atoms with Crippen LogP contribution in [0.15, 0.2) is 58.8 Å². The zero-order valence-electron chi connectivity index (χ0n) is 16.3. The first kappa shape index (κ1) is 22.3. The highest BCUT2D eigenvalue weighted by Crippen LogP contribution is 2.27. The average Bonchev–Trinajstić information content (AvgIpc) is 3.20. The summed E-state index contributed by atoms with van der Waals surface area (Å²) in [6.07, 6.45) is 0.779. The first-order valence-corrected chi connectivity index (χ1v) is 12.3. The van der Waals surface area contributed by atoms with Crippen molar-refractivity contribution in [1.82, 2.24) is 4.98 Å². The number of anilines is 1. The minimum Gasteiger partial charge on any atom is -0.494 e. The second-order valence-corrected chi connectivity index (χ2v) is 9.89. The van der Waals surface area contributed by atoms with Gasteiger partial charge < -0.3 is 10.1 Å². The number of nitrogens with zero attached hydrogens (tertiary/aromatic N) is 1. The number of carbonyl (C=O) groups is 1. The molecule has 2 aromatic carbocycles. The third kappa shape index (κ3) is 6.04. The second-order valence-electron chi connectivity index (χ2n) is 6.48. The molecule has 158 valence electrons. The molecule has 6 nitrogen and oxygen atoms in total. The fourth-order valence-electron chi connectivity index (χ4n) is 2.57. The molecular formula is C21H21ClN2O4S2. The summed E-state index contributed by atoms with van der Waals surface area (Å²) in [6.45, 7) is 2.71. The second kappa shape index (κ2) is 10.1. The van der Waals surface area contributed by atoms with E-state index in [9.17, 15) is 13.2 Å². The number of ether oxygens (including phenoxy) is 1. The smallest absolute Gasteiger partial charge is 0.227 e. The molecule has 0 saturated heterocycles. The molecule has 0 saturated carbocycles. The molecule has 1 N–H and O–H groups in total. The summed E-state index contributed by atoms with van der Waals surface area (Å²) >= 11 is 7.07. The fourth-order valence-corrected chi connectivity index (χ4v) is 4.68. The molecule has 0 fully saturated rings. The largest absolute Gasteiger partial charge is 0.494 e. The van der Waals surface area contributed by atoms with Gasteiger partial charge in [-0.1, -0.05) is 18.5 Å². The molecule has 1 aromatic heterocycles. The Hall–Kier alpha value is -2.42. The standard InChI is InChI=1S/C21H21ClN2O4S2/c1-2-12-28-17-7-3-15(4-8-17)19-14-29-21(23-19)24-20(25)11-13-30(26,27)18-9-5-16(22)6-10-18/h3-10,14H,2,11-13H2,1H3,(H,23,24,25). The van der Waals surface area contributed by atoms with Crippen molar-refractivity contribution >= 4 is 43.8 Å². The minimum atomic E-state index is -3.56. The van der Waals surface area contributed by atoms with Crippen LogP contribution < -0.4 is 10.1 Å². The highest BCUT2D eigenvalue weighted by atomic mass is 35.5. The summed E-state index contributed by atoms with van der Waals surface area (Å²) in [5.41, 5.74) is 1.63. The van der Waals surface area contributed by atoms with Crippen molar-refractivity contribution in [2.75, 3.05) is 17.7 Å². The maximum Gasteiger partial charge on any atom is 0.227 e. The van der Waals surface area contributed by atoms with E-state index in [2.05, 4.69) is 10.3 Å². The number of carbonyl (C=O) groups excluding carboxylic acids is 1. The van der Waals surface area contributed by atoms with Gasteiger partial charge in [0.2, 0.25) is 5.91 Å². The summed E-state index contributed by atoms with van der Waals surface area (Å²) in [5.74, 6) is 0.0979. The van der Waals surface area contributed by atoms with Crippen LogP contribution in [-0.2, 0) is 14.6 Å². The van der Waals surface area contributed by atoms with Crippen LogP contribution in [0.4, 0.5) is 5.13 Å². The van der Waals surface area contributed by atoms with Crippen LogP contribution in [0.2, 0.25) is 5.02 Å². The number of sulfone groups is 1. The third-order valence-corrected chi connectivity index (χ3v) is 6.89. The fraction of sp³-hybridized carbons (Fsp3) is 0.238.